The van der Waals surface area contributed by atoms with Gasteiger partial charge in [-0.1, -0.05) is 12.8 Å². The highest BCUT2D eigenvalue weighted by molar-refractivity contribution is 5.32. The Kier molecular flexibility index (Phi) is 4.77. The summed E-state index contributed by atoms with van der Waals surface area (Å²) in [6.45, 7) is 2.86. The molecule has 1 saturated carbocycles. The van der Waals surface area contributed by atoms with Crippen LogP contribution in [0.3, 0.4) is 0 Å². The molecule has 1 aromatic heterocycles. The van der Waals surface area contributed by atoms with Gasteiger partial charge in [0, 0.05) is 18.8 Å². The molecule has 1 aromatic rings. The highest BCUT2D eigenvalue weighted by atomic mass is 16.5. The quantitative estimate of drug-likeness (QED) is 0.825. The van der Waals surface area contributed by atoms with Gasteiger partial charge in [-0.05, 0) is 50.9 Å². The molecule has 3 N–H and O–H groups in total. The van der Waals surface area contributed by atoms with Crippen molar-refractivity contribution < 1.29 is 4.74 Å². The largest absolute Gasteiger partial charge is 0.384 e. The van der Waals surface area contributed by atoms with Gasteiger partial charge in [-0.15, -0.1) is 0 Å². The van der Waals surface area contributed by atoms with Crippen molar-refractivity contribution in [2.24, 2.45) is 0 Å². The van der Waals surface area contributed by atoms with E-state index in [2.05, 4.69) is 17.2 Å². The summed E-state index contributed by atoms with van der Waals surface area (Å²) in [4.78, 5) is 4.05. The van der Waals surface area contributed by atoms with Gasteiger partial charge in [0.2, 0.25) is 0 Å². The number of nitrogens with two attached hydrogens (primary N) is 1. The third-order valence-electron chi connectivity index (χ3n) is 4.15. The number of anilines is 1. The number of hydrogen-bond donors (Lipinski definition) is 2. The average Bonchev–Trinajstić information content (AvgIpc) is 2.86. The first-order valence-electron chi connectivity index (χ1n) is 7.22. The van der Waals surface area contributed by atoms with Crippen molar-refractivity contribution in [2.75, 3.05) is 19.4 Å². The van der Waals surface area contributed by atoms with Crippen molar-refractivity contribution in [3.63, 3.8) is 0 Å². The van der Waals surface area contributed by atoms with Crippen molar-refractivity contribution in [3.05, 3.63) is 23.9 Å². The SMILES string of the molecule is CCOC1(C(Cc2ccnc(N)c2)NC)CCCC1. The molecule has 0 saturated heterocycles. The highest BCUT2D eigenvalue weighted by Gasteiger charge is 2.41. The van der Waals surface area contributed by atoms with Gasteiger partial charge < -0.3 is 15.8 Å². The Morgan fingerprint density at radius 3 is 2.79 bits per heavy atom. The molecule has 19 heavy (non-hydrogen) atoms. The molecule has 0 bridgehead atoms. The molecule has 2 rings (SSSR count). The summed E-state index contributed by atoms with van der Waals surface area (Å²) in [5.41, 5.74) is 6.97. The van der Waals surface area contributed by atoms with Crippen LogP contribution < -0.4 is 11.1 Å². The lowest BCUT2D eigenvalue weighted by molar-refractivity contribution is -0.0597. The average molecular weight is 263 g/mol. The molecule has 0 radical (unpaired) electrons. The molecule has 0 aliphatic heterocycles. The zero-order chi connectivity index (χ0) is 13.7. The number of rotatable bonds is 6. The van der Waals surface area contributed by atoms with Crippen molar-refractivity contribution in [1.82, 2.24) is 10.3 Å². The van der Waals surface area contributed by atoms with Crippen LogP contribution in [0.5, 0.6) is 0 Å². The van der Waals surface area contributed by atoms with Gasteiger partial charge >= 0.3 is 0 Å². The summed E-state index contributed by atoms with van der Waals surface area (Å²) in [6, 6.07) is 4.32. The second-order valence-electron chi connectivity index (χ2n) is 5.34. The van der Waals surface area contributed by atoms with E-state index in [0.717, 1.165) is 25.9 Å². The molecule has 1 heterocycles. The Hall–Kier alpha value is -1.13. The van der Waals surface area contributed by atoms with Crippen molar-refractivity contribution in [2.45, 2.75) is 50.7 Å². The first kappa shape index (κ1) is 14.3. The number of pyridine rings is 1. The summed E-state index contributed by atoms with van der Waals surface area (Å²) in [6.07, 6.45) is 7.52. The molecule has 1 unspecified atom stereocenters. The van der Waals surface area contributed by atoms with E-state index in [0.29, 0.717) is 11.9 Å². The number of nitrogens with zero attached hydrogens (tertiary/aromatic N) is 1. The molecule has 0 spiro atoms. The highest BCUT2D eigenvalue weighted by Crippen LogP contribution is 2.37. The molecule has 1 atom stereocenters. The van der Waals surface area contributed by atoms with Gasteiger partial charge in [0.15, 0.2) is 0 Å². The topological polar surface area (TPSA) is 60.2 Å². The van der Waals surface area contributed by atoms with Crippen LogP contribution in [-0.2, 0) is 11.2 Å². The van der Waals surface area contributed by atoms with Gasteiger partial charge in [-0.3, -0.25) is 0 Å². The second-order valence-corrected chi connectivity index (χ2v) is 5.34. The first-order chi connectivity index (χ1) is 9.20. The Balaban J connectivity index is 2.14. The molecule has 0 amide bonds. The number of likely N-dealkylation sites (N-methyl/N-ethyl adjacent to an activating group) is 1. The van der Waals surface area contributed by atoms with Crippen LogP contribution in [0.25, 0.3) is 0 Å². The van der Waals surface area contributed by atoms with Crippen LogP contribution in [0.15, 0.2) is 18.3 Å². The van der Waals surface area contributed by atoms with E-state index in [4.69, 9.17) is 10.5 Å². The maximum atomic E-state index is 6.14. The number of hydrogen-bond acceptors (Lipinski definition) is 4. The van der Waals surface area contributed by atoms with E-state index < -0.39 is 0 Å². The Bertz CT molecular complexity index is 402. The summed E-state index contributed by atoms with van der Waals surface area (Å²) >= 11 is 0. The van der Waals surface area contributed by atoms with Crippen LogP contribution in [0.1, 0.15) is 38.2 Å². The zero-order valence-electron chi connectivity index (χ0n) is 12.0. The predicted octanol–water partition coefficient (Wildman–Crippen LogP) is 2.14. The van der Waals surface area contributed by atoms with Crippen LogP contribution >= 0.6 is 0 Å². The van der Waals surface area contributed by atoms with E-state index in [1.54, 1.807) is 6.20 Å². The Morgan fingerprint density at radius 1 is 1.47 bits per heavy atom. The molecule has 4 nitrogen and oxygen atoms in total. The summed E-state index contributed by atoms with van der Waals surface area (Å²) in [5.74, 6) is 0.587. The lowest BCUT2D eigenvalue weighted by atomic mass is 9.87. The van der Waals surface area contributed by atoms with Gasteiger partial charge in [0.25, 0.3) is 0 Å². The lowest BCUT2D eigenvalue weighted by Gasteiger charge is -2.37. The van der Waals surface area contributed by atoms with E-state index in [1.807, 2.05) is 19.2 Å². The fourth-order valence-corrected chi connectivity index (χ4v) is 3.26. The van der Waals surface area contributed by atoms with Gasteiger partial charge in [0.1, 0.15) is 5.82 Å². The molecular weight excluding hydrogens is 238 g/mol. The fraction of sp³-hybridized carbons (Fsp3) is 0.667. The zero-order valence-corrected chi connectivity index (χ0v) is 12.0. The Morgan fingerprint density at radius 2 is 2.21 bits per heavy atom. The summed E-state index contributed by atoms with van der Waals surface area (Å²) < 4.78 is 6.14. The molecule has 106 valence electrons. The van der Waals surface area contributed by atoms with Gasteiger partial charge in [-0.25, -0.2) is 4.98 Å². The van der Waals surface area contributed by atoms with Crippen LogP contribution in [-0.4, -0.2) is 30.3 Å². The number of ether oxygens (including phenoxy) is 1. The van der Waals surface area contributed by atoms with E-state index >= 15 is 0 Å². The third kappa shape index (κ3) is 3.25. The Labute approximate surface area is 115 Å². The number of nitrogens with one attached hydrogen (secondary N) is 1. The van der Waals surface area contributed by atoms with E-state index in [-0.39, 0.29) is 5.60 Å². The molecule has 1 aliphatic rings. The maximum absolute atomic E-state index is 6.14. The van der Waals surface area contributed by atoms with Crippen molar-refractivity contribution >= 4 is 5.82 Å². The normalized spacial score (nSPS) is 19.5. The predicted molar refractivity (Wildman–Crippen MR) is 78.0 cm³/mol. The molecular formula is C15H25N3O. The van der Waals surface area contributed by atoms with Crippen LogP contribution in [0, 0.1) is 0 Å². The van der Waals surface area contributed by atoms with Crippen LogP contribution in [0.2, 0.25) is 0 Å². The van der Waals surface area contributed by atoms with Crippen LogP contribution in [0.4, 0.5) is 5.82 Å². The number of aromatic nitrogens is 1. The second kappa shape index (κ2) is 6.35. The summed E-state index contributed by atoms with van der Waals surface area (Å²) in [5, 5.41) is 3.45. The summed E-state index contributed by atoms with van der Waals surface area (Å²) in [7, 11) is 2.02. The molecule has 0 aromatic carbocycles. The fourth-order valence-electron chi connectivity index (χ4n) is 3.26. The smallest absolute Gasteiger partial charge is 0.123 e. The lowest BCUT2D eigenvalue weighted by Crippen LogP contribution is -2.51. The third-order valence-corrected chi connectivity index (χ3v) is 4.15. The minimum atomic E-state index is -0.0124. The standard InChI is InChI=1S/C15H25N3O/c1-3-19-15(7-4-5-8-15)13(17-2)10-12-6-9-18-14(16)11-12/h6,9,11,13,17H,3-5,7-8,10H2,1-2H3,(H2,16,18). The van der Waals surface area contributed by atoms with Gasteiger partial charge in [0.05, 0.1) is 5.60 Å². The number of nitrogen functional groups attached to an aromatic ring is 1. The minimum absolute atomic E-state index is 0.0124. The van der Waals surface area contributed by atoms with Crippen molar-refractivity contribution in [1.29, 1.82) is 0 Å². The monoisotopic (exact) mass is 263 g/mol. The van der Waals surface area contributed by atoms with E-state index in [1.165, 1.54) is 18.4 Å². The first-order valence-corrected chi connectivity index (χ1v) is 7.22. The minimum Gasteiger partial charge on any atom is -0.384 e. The van der Waals surface area contributed by atoms with E-state index in [9.17, 15) is 0 Å². The maximum Gasteiger partial charge on any atom is 0.123 e. The van der Waals surface area contributed by atoms with Gasteiger partial charge in [-0.2, -0.15) is 0 Å². The molecule has 4 heteroatoms. The molecule has 1 aliphatic carbocycles. The molecule has 1 fully saturated rings. The van der Waals surface area contributed by atoms with Crippen molar-refractivity contribution in [3.8, 4) is 0 Å².